The Balaban J connectivity index is 2.14. The van der Waals surface area contributed by atoms with Crippen LogP contribution in [0.4, 0.5) is 0 Å². The van der Waals surface area contributed by atoms with Crippen molar-refractivity contribution in [2.75, 3.05) is 7.05 Å². The van der Waals surface area contributed by atoms with Gasteiger partial charge in [0.25, 0.3) is 5.91 Å². The first kappa shape index (κ1) is 15.6. The molecule has 1 atom stereocenters. The second-order valence-corrected chi connectivity index (χ2v) is 5.76. The van der Waals surface area contributed by atoms with E-state index in [0.717, 1.165) is 17.3 Å². The third-order valence-corrected chi connectivity index (χ3v) is 4.36. The van der Waals surface area contributed by atoms with Crippen molar-refractivity contribution in [3.63, 3.8) is 0 Å². The third-order valence-electron chi connectivity index (χ3n) is 3.58. The first-order valence-corrected chi connectivity index (χ1v) is 7.70. The van der Waals surface area contributed by atoms with Crippen molar-refractivity contribution in [3.8, 4) is 0 Å². The molecule has 0 unspecified atom stereocenters. The molecule has 2 rings (SSSR count). The maximum absolute atomic E-state index is 12.5. The van der Waals surface area contributed by atoms with Gasteiger partial charge in [0.05, 0.1) is 18.0 Å². The number of aromatic nitrogens is 2. The number of benzene rings is 1. The molecule has 0 N–H and O–H groups in total. The molecule has 2 aromatic rings. The predicted molar refractivity (Wildman–Crippen MR) is 86.1 cm³/mol. The zero-order chi connectivity index (χ0) is 15.2. The first-order valence-electron chi connectivity index (χ1n) is 6.90. The summed E-state index contributed by atoms with van der Waals surface area (Å²) in [6.45, 7) is 2.09. The van der Waals surface area contributed by atoms with E-state index in [1.54, 1.807) is 11.0 Å². The summed E-state index contributed by atoms with van der Waals surface area (Å²) in [4.78, 5) is 14.3. The molecule has 0 aliphatic rings. The summed E-state index contributed by atoms with van der Waals surface area (Å²) in [6.07, 6.45) is 4.75. The number of rotatable bonds is 5. The van der Waals surface area contributed by atoms with E-state index in [4.69, 9.17) is 0 Å². The summed E-state index contributed by atoms with van der Waals surface area (Å²) in [7, 11) is 1.84. The van der Waals surface area contributed by atoms with Crippen molar-refractivity contribution in [1.29, 1.82) is 0 Å². The fraction of sp³-hybridized carbons (Fsp3) is 0.312. The van der Waals surface area contributed by atoms with E-state index >= 15 is 0 Å². The molecule has 1 amide bonds. The van der Waals surface area contributed by atoms with Crippen LogP contribution in [0.5, 0.6) is 0 Å². The second kappa shape index (κ2) is 7.31. The highest BCUT2D eigenvalue weighted by Gasteiger charge is 2.21. The molecular formula is C16H18BrN3O. The van der Waals surface area contributed by atoms with Crippen molar-refractivity contribution in [1.82, 2.24) is 15.1 Å². The summed E-state index contributed by atoms with van der Waals surface area (Å²) in [6, 6.07) is 9.95. The Morgan fingerprint density at radius 2 is 2.05 bits per heavy atom. The molecule has 1 aromatic heterocycles. The standard InChI is InChI=1S/C16H18BrN3O/c1-3-14(10-12-6-4-5-7-15(12)17)20(2)16(21)13-8-9-18-19-11-13/h4-9,11,14H,3,10H2,1-2H3/t14-/m1/s1. The Hall–Kier alpha value is -1.75. The fourth-order valence-electron chi connectivity index (χ4n) is 2.26. The molecule has 0 saturated carbocycles. The van der Waals surface area contributed by atoms with Crippen molar-refractivity contribution < 1.29 is 4.79 Å². The minimum absolute atomic E-state index is 0.0243. The lowest BCUT2D eigenvalue weighted by molar-refractivity contribution is 0.0726. The molecule has 0 fully saturated rings. The lowest BCUT2D eigenvalue weighted by atomic mass is 10.0. The average molecular weight is 348 g/mol. The Kier molecular flexibility index (Phi) is 5.44. The van der Waals surface area contributed by atoms with E-state index in [2.05, 4.69) is 39.1 Å². The van der Waals surface area contributed by atoms with Crippen LogP contribution in [0.15, 0.2) is 47.2 Å². The van der Waals surface area contributed by atoms with E-state index in [9.17, 15) is 4.79 Å². The van der Waals surface area contributed by atoms with Crippen LogP contribution < -0.4 is 0 Å². The van der Waals surface area contributed by atoms with Gasteiger partial charge in [0.2, 0.25) is 0 Å². The van der Waals surface area contributed by atoms with Gasteiger partial charge in [0.1, 0.15) is 0 Å². The molecule has 110 valence electrons. The summed E-state index contributed by atoms with van der Waals surface area (Å²) in [5.41, 5.74) is 1.77. The molecule has 21 heavy (non-hydrogen) atoms. The molecule has 0 bridgehead atoms. The topological polar surface area (TPSA) is 46.1 Å². The second-order valence-electron chi connectivity index (χ2n) is 4.90. The molecule has 0 saturated heterocycles. The monoisotopic (exact) mass is 347 g/mol. The molecule has 0 aliphatic heterocycles. The Morgan fingerprint density at radius 3 is 2.67 bits per heavy atom. The van der Waals surface area contributed by atoms with Gasteiger partial charge >= 0.3 is 0 Å². The highest BCUT2D eigenvalue weighted by Crippen LogP contribution is 2.20. The summed E-state index contributed by atoms with van der Waals surface area (Å²) >= 11 is 3.56. The molecule has 1 heterocycles. The average Bonchev–Trinajstić information content (AvgIpc) is 2.53. The zero-order valence-electron chi connectivity index (χ0n) is 12.2. The Morgan fingerprint density at radius 1 is 1.29 bits per heavy atom. The molecule has 4 nitrogen and oxygen atoms in total. The first-order chi connectivity index (χ1) is 10.1. The number of likely N-dealkylation sites (N-methyl/N-ethyl adjacent to an activating group) is 1. The van der Waals surface area contributed by atoms with Gasteiger partial charge in [-0.3, -0.25) is 4.79 Å². The smallest absolute Gasteiger partial charge is 0.255 e. The van der Waals surface area contributed by atoms with Gasteiger partial charge in [-0.1, -0.05) is 41.1 Å². The van der Waals surface area contributed by atoms with Gasteiger partial charge in [0.15, 0.2) is 0 Å². The van der Waals surface area contributed by atoms with Gasteiger partial charge in [-0.25, -0.2) is 0 Å². The van der Waals surface area contributed by atoms with Crippen LogP contribution >= 0.6 is 15.9 Å². The largest absolute Gasteiger partial charge is 0.338 e. The molecule has 5 heteroatoms. The van der Waals surface area contributed by atoms with E-state index in [1.807, 2.05) is 25.2 Å². The van der Waals surface area contributed by atoms with Gasteiger partial charge in [-0.2, -0.15) is 10.2 Å². The molecular weight excluding hydrogens is 330 g/mol. The van der Waals surface area contributed by atoms with Crippen LogP contribution in [-0.2, 0) is 6.42 Å². The van der Waals surface area contributed by atoms with E-state index in [1.165, 1.54) is 18.0 Å². The van der Waals surface area contributed by atoms with Gasteiger partial charge in [-0.05, 0) is 30.5 Å². The van der Waals surface area contributed by atoms with Crippen molar-refractivity contribution in [2.24, 2.45) is 0 Å². The maximum Gasteiger partial charge on any atom is 0.255 e. The van der Waals surface area contributed by atoms with Crippen LogP contribution in [0.25, 0.3) is 0 Å². The van der Waals surface area contributed by atoms with E-state index in [-0.39, 0.29) is 11.9 Å². The molecule has 0 spiro atoms. The van der Waals surface area contributed by atoms with Crippen LogP contribution in [0.2, 0.25) is 0 Å². The number of carbonyl (C=O) groups excluding carboxylic acids is 1. The molecule has 1 aromatic carbocycles. The fourth-order valence-corrected chi connectivity index (χ4v) is 2.71. The van der Waals surface area contributed by atoms with Gasteiger partial charge in [0, 0.05) is 17.6 Å². The van der Waals surface area contributed by atoms with Gasteiger partial charge < -0.3 is 4.90 Å². The molecule has 0 aliphatic carbocycles. The Labute approximate surface area is 133 Å². The van der Waals surface area contributed by atoms with Crippen LogP contribution in [-0.4, -0.2) is 34.1 Å². The van der Waals surface area contributed by atoms with Crippen molar-refractivity contribution in [3.05, 3.63) is 58.3 Å². The quantitative estimate of drug-likeness (QED) is 0.833. The van der Waals surface area contributed by atoms with Crippen LogP contribution in [0, 0.1) is 0 Å². The lowest BCUT2D eigenvalue weighted by Gasteiger charge is -2.27. The summed E-state index contributed by atoms with van der Waals surface area (Å²) < 4.78 is 1.08. The highest BCUT2D eigenvalue weighted by atomic mass is 79.9. The zero-order valence-corrected chi connectivity index (χ0v) is 13.7. The molecule has 0 radical (unpaired) electrons. The van der Waals surface area contributed by atoms with Crippen LogP contribution in [0.1, 0.15) is 29.3 Å². The Bertz CT molecular complexity index is 603. The highest BCUT2D eigenvalue weighted by molar-refractivity contribution is 9.10. The minimum atomic E-state index is -0.0243. The van der Waals surface area contributed by atoms with E-state index < -0.39 is 0 Å². The van der Waals surface area contributed by atoms with E-state index in [0.29, 0.717) is 5.56 Å². The minimum Gasteiger partial charge on any atom is -0.338 e. The van der Waals surface area contributed by atoms with Crippen LogP contribution in [0.3, 0.4) is 0 Å². The van der Waals surface area contributed by atoms with Gasteiger partial charge in [-0.15, -0.1) is 0 Å². The lowest BCUT2D eigenvalue weighted by Crippen LogP contribution is -2.38. The SMILES string of the molecule is CC[C@H](Cc1ccccc1Br)N(C)C(=O)c1ccnnc1. The number of hydrogen-bond donors (Lipinski definition) is 0. The summed E-state index contributed by atoms with van der Waals surface area (Å²) in [5, 5.41) is 7.47. The number of halogens is 1. The normalized spacial score (nSPS) is 12.0. The number of nitrogens with zero attached hydrogens (tertiary/aromatic N) is 3. The van der Waals surface area contributed by atoms with Crippen molar-refractivity contribution in [2.45, 2.75) is 25.8 Å². The number of amides is 1. The maximum atomic E-state index is 12.5. The number of hydrogen-bond acceptors (Lipinski definition) is 3. The van der Waals surface area contributed by atoms with Crippen molar-refractivity contribution >= 4 is 21.8 Å². The summed E-state index contributed by atoms with van der Waals surface area (Å²) in [5.74, 6) is -0.0243. The predicted octanol–water partition coefficient (Wildman–Crippen LogP) is 3.33. The third kappa shape index (κ3) is 3.88. The number of carbonyl (C=O) groups is 1.